The fourth-order valence-corrected chi connectivity index (χ4v) is 4.69. The normalized spacial score (nSPS) is 24.4. The second kappa shape index (κ2) is 9.15. The first-order valence-corrected chi connectivity index (χ1v) is 10.2. The molecule has 0 saturated heterocycles. The predicted molar refractivity (Wildman–Crippen MR) is 102 cm³/mol. The molecule has 25 heavy (non-hydrogen) atoms. The van der Waals surface area contributed by atoms with E-state index in [0.29, 0.717) is 12.0 Å². The Morgan fingerprint density at radius 3 is 2.72 bits per heavy atom. The molecule has 0 radical (unpaired) electrons. The van der Waals surface area contributed by atoms with E-state index in [9.17, 15) is 0 Å². The molecule has 1 fully saturated rings. The third-order valence-electron chi connectivity index (χ3n) is 6.07. The number of hydrogen-bond donors (Lipinski definition) is 2. The average Bonchev–Trinajstić information content (AvgIpc) is 3.21. The van der Waals surface area contributed by atoms with Crippen LogP contribution in [0.15, 0.2) is 0 Å². The Bertz CT molecular complexity index is 534. The van der Waals surface area contributed by atoms with Crippen LogP contribution < -0.4 is 10.6 Å². The number of nitrogens with zero attached hydrogens (tertiary/aromatic N) is 2. The second-order valence-corrected chi connectivity index (χ2v) is 7.76. The number of hydrogen-bond acceptors (Lipinski definition) is 4. The van der Waals surface area contributed by atoms with Gasteiger partial charge < -0.3 is 15.4 Å². The lowest BCUT2D eigenvalue weighted by Gasteiger charge is -2.29. The molecule has 1 aromatic rings. The minimum atomic E-state index is 0.452. The van der Waals surface area contributed by atoms with Crippen LogP contribution in [0.25, 0.3) is 0 Å². The third-order valence-corrected chi connectivity index (χ3v) is 6.07. The van der Waals surface area contributed by atoms with Crippen molar-refractivity contribution in [1.29, 1.82) is 0 Å². The number of rotatable bonds is 9. The highest BCUT2D eigenvalue weighted by Gasteiger charge is 2.31. The number of aromatic nitrogens is 2. The number of nitrogens with one attached hydrogen (secondary N) is 2. The Balaban J connectivity index is 1.72. The molecule has 1 aliphatic carbocycles. The van der Waals surface area contributed by atoms with E-state index in [1.165, 1.54) is 44.2 Å². The summed E-state index contributed by atoms with van der Waals surface area (Å²) in [5.74, 6) is 1.47. The van der Waals surface area contributed by atoms with Crippen LogP contribution >= 0.6 is 0 Å². The molecule has 2 aliphatic rings. The zero-order valence-corrected chi connectivity index (χ0v) is 16.3. The summed E-state index contributed by atoms with van der Waals surface area (Å²) in [5.41, 5.74) is 4.52. The molecule has 2 N–H and O–H groups in total. The molecule has 1 aromatic heterocycles. The van der Waals surface area contributed by atoms with Gasteiger partial charge in [-0.15, -0.1) is 0 Å². The highest BCUT2D eigenvalue weighted by atomic mass is 16.5. The maximum absolute atomic E-state index is 5.66. The molecule has 3 rings (SSSR count). The van der Waals surface area contributed by atoms with Crippen molar-refractivity contribution in [2.75, 3.05) is 33.9 Å². The van der Waals surface area contributed by atoms with Crippen LogP contribution in [0.3, 0.4) is 0 Å². The molecule has 2 heterocycles. The van der Waals surface area contributed by atoms with Crippen molar-refractivity contribution >= 4 is 0 Å². The fraction of sp³-hybridized carbons (Fsp3) is 0.850. The topological polar surface area (TPSA) is 51.1 Å². The molecule has 5 nitrogen and oxygen atoms in total. The van der Waals surface area contributed by atoms with Crippen LogP contribution in [0.1, 0.15) is 61.9 Å². The molecule has 0 amide bonds. The van der Waals surface area contributed by atoms with Gasteiger partial charge in [0.25, 0.3) is 0 Å². The van der Waals surface area contributed by atoms with Gasteiger partial charge in [-0.3, -0.25) is 4.68 Å². The number of fused-ring (bicyclic) bond motifs is 1. The SMILES string of the molecule is CCOCC1CCC(c2c(CC(CNC)NC)nn3c2CCC3)CC1. The largest absolute Gasteiger partial charge is 0.381 e. The van der Waals surface area contributed by atoms with Crippen LogP contribution in [-0.4, -0.2) is 49.7 Å². The summed E-state index contributed by atoms with van der Waals surface area (Å²) < 4.78 is 7.97. The fourth-order valence-electron chi connectivity index (χ4n) is 4.69. The highest BCUT2D eigenvalue weighted by molar-refractivity contribution is 5.33. The number of ether oxygens (including phenoxy) is 1. The van der Waals surface area contributed by atoms with Gasteiger partial charge in [-0.25, -0.2) is 0 Å². The highest BCUT2D eigenvalue weighted by Crippen LogP contribution is 2.40. The Kier molecular flexibility index (Phi) is 6.91. The average molecular weight is 349 g/mol. The van der Waals surface area contributed by atoms with Crippen molar-refractivity contribution in [3.63, 3.8) is 0 Å². The first kappa shape index (κ1) is 18.9. The summed E-state index contributed by atoms with van der Waals surface area (Å²) in [7, 11) is 4.09. The summed E-state index contributed by atoms with van der Waals surface area (Å²) in [6.45, 7) is 5.99. The van der Waals surface area contributed by atoms with Crippen LogP contribution in [0, 0.1) is 5.92 Å². The zero-order valence-electron chi connectivity index (χ0n) is 16.3. The van der Waals surface area contributed by atoms with Crippen molar-refractivity contribution in [3.05, 3.63) is 17.0 Å². The molecule has 1 atom stereocenters. The van der Waals surface area contributed by atoms with Gasteiger partial charge >= 0.3 is 0 Å². The van der Waals surface area contributed by atoms with E-state index in [-0.39, 0.29) is 0 Å². The van der Waals surface area contributed by atoms with E-state index in [1.807, 2.05) is 7.05 Å². The zero-order chi connectivity index (χ0) is 17.6. The predicted octanol–water partition coefficient (Wildman–Crippen LogP) is 2.49. The Morgan fingerprint density at radius 2 is 2.04 bits per heavy atom. The van der Waals surface area contributed by atoms with Crippen molar-refractivity contribution in [1.82, 2.24) is 20.4 Å². The van der Waals surface area contributed by atoms with Crippen molar-refractivity contribution in [2.45, 2.75) is 70.4 Å². The molecular formula is C20H36N4O. The number of likely N-dealkylation sites (N-methyl/N-ethyl adjacent to an activating group) is 2. The van der Waals surface area contributed by atoms with Crippen molar-refractivity contribution < 1.29 is 4.74 Å². The van der Waals surface area contributed by atoms with E-state index in [0.717, 1.165) is 38.6 Å². The first-order chi connectivity index (χ1) is 12.3. The summed E-state index contributed by atoms with van der Waals surface area (Å²) in [5, 5.41) is 11.8. The molecule has 1 aliphatic heterocycles. The minimum Gasteiger partial charge on any atom is -0.381 e. The van der Waals surface area contributed by atoms with Gasteiger partial charge in [-0.05, 0) is 76.9 Å². The Morgan fingerprint density at radius 1 is 1.24 bits per heavy atom. The Labute approximate surface area is 152 Å². The molecule has 1 unspecified atom stereocenters. The number of aryl methyl sites for hydroxylation is 1. The van der Waals surface area contributed by atoms with E-state index in [2.05, 4.69) is 29.3 Å². The molecular weight excluding hydrogens is 312 g/mol. The second-order valence-electron chi connectivity index (χ2n) is 7.76. The van der Waals surface area contributed by atoms with Crippen LogP contribution in [-0.2, 0) is 24.1 Å². The monoisotopic (exact) mass is 348 g/mol. The van der Waals surface area contributed by atoms with E-state index < -0.39 is 0 Å². The van der Waals surface area contributed by atoms with Gasteiger partial charge in [-0.2, -0.15) is 5.10 Å². The molecule has 0 bridgehead atoms. The standard InChI is InChI=1S/C20H36N4O/c1-4-25-14-15-7-9-16(10-8-15)20-18(12-17(22-3)13-21-2)23-24-11-5-6-19(20)24/h15-17,21-22H,4-14H2,1-3H3. The molecule has 0 aromatic carbocycles. The van der Waals surface area contributed by atoms with Crippen molar-refractivity contribution in [2.24, 2.45) is 5.92 Å². The lowest BCUT2D eigenvalue weighted by molar-refractivity contribution is 0.0919. The quantitative estimate of drug-likeness (QED) is 0.720. The van der Waals surface area contributed by atoms with Crippen LogP contribution in [0.5, 0.6) is 0 Å². The van der Waals surface area contributed by atoms with Crippen molar-refractivity contribution in [3.8, 4) is 0 Å². The van der Waals surface area contributed by atoms with E-state index in [1.54, 1.807) is 11.3 Å². The Hall–Kier alpha value is -0.910. The van der Waals surface area contributed by atoms with Crippen LogP contribution in [0.2, 0.25) is 0 Å². The molecule has 1 saturated carbocycles. The third kappa shape index (κ3) is 4.44. The van der Waals surface area contributed by atoms with Gasteiger partial charge in [0.15, 0.2) is 0 Å². The minimum absolute atomic E-state index is 0.452. The van der Waals surface area contributed by atoms with Crippen LogP contribution in [0.4, 0.5) is 0 Å². The summed E-state index contributed by atoms with van der Waals surface area (Å²) in [6.07, 6.45) is 8.74. The van der Waals surface area contributed by atoms with E-state index in [4.69, 9.17) is 9.84 Å². The van der Waals surface area contributed by atoms with Gasteiger partial charge in [-0.1, -0.05) is 0 Å². The summed E-state index contributed by atoms with van der Waals surface area (Å²) in [4.78, 5) is 0. The molecule has 0 spiro atoms. The molecule has 142 valence electrons. The maximum atomic E-state index is 5.66. The lowest BCUT2D eigenvalue weighted by atomic mass is 9.77. The van der Waals surface area contributed by atoms with Gasteiger partial charge in [0.1, 0.15) is 0 Å². The van der Waals surface area contributed by atoms with Gasteiger partial charge in [0.05, 0.1) is 5.69 Å². The summed E-state index contributed by atoms with van der Waals surface area (Å²) in [6, 6.07) is 0.452. The van der Waals surface area contributed by atoms with Gasteiger partial charge in [0, 0.05) is 44.5 Å². The summed E-state index contributed by atoms with van der Waals surface area (Å²) >= 11 is 0. The molecule has 5 heteroatoms. The van der Waals surface area contributed by atoms with E-state index >= 15 is 0 Å². The first-order valence-electron chi connectivity index (χ1n) is 10.2. The lowest BCUT2D eigenvalue weighted by Crippen LogP contribution is -2.37. The van der Waals surface area contributed by atoms with Gasteiger partial charge in [0.2, 0.25) is 0 Å². The smallest absolute Gasteiger partial charge is 0.0678 e. The maximum Gasteiger partial charge on any atom is 0.0678 e.